The molecule has 5 nitrogen and oxygen atoms in total. The zero-order valence-electron chi connectivity index (χ0n) is 16.8. The zero-order valence-corrected chi connectivity index (χ0v) is 16.8. The predicted octanol–water partition coefficient (Wildman–Crippen LogP) is 3.85. The minimum atomic E-state index is -0.286. The van der Waals surface area contributed by atoms with Crippen LogP contribution >= 0.6 is 0 Å². The van der Waals surface area contributed by atoms with E-state index in [-0.39, 0.29) is 18.4 Å². The largest absolute Gasteiger partial charge is 0.372 e. The van der Waals surface area contributed by atoms with Gasteiger partial charge in [-0.15, -0.1) is 0 Å². The second kappa shape index (κ2) is 9.16. The number of hydrogen-bond acceptors (Lipinski definition) is 3. The molecule has 2 heterocycles. The van der Waals surface area contributed by atoms with E-state index in [1.54, 1.807) is 23.1 Å². The molecule has 2 saturated heterocycles. The van der Waals surface area contributed by atoms with Crippen molar-refractivity contribution in [3.8, 4) is 0 Å². The van der Waals surface area contributed by atoms with Crippen molar-refractivity contribution in [2.45, 2.75) is 25.8 Å². The van der Waals surface area contributed by atoms with Gasteiger partial charge in [-0.2, -0.15) is 0 Å². The van der Waals surface area contributed by atoms with Gasteiger partial charge in [0.05, 0.1) is 0 Å². The van der Waals surface area contributed by atoms with Crippen LogP contribution in [0.4, 0.5) is 20.6 Å². The van der Waals surface area contributed by atoms with E-state index in [0.29, 0.717) is 18.7 Å². The van der Waals surface area contributed by atoms with E-state index in [1.807, 2.05) is 0 Å². The van der Waals surface area contributed by atoms with Gasteiger partial charge in [-0.05, 0) is 49.6 Å². The Morgan fingerprint density at radius 3 is 2.00 bits per heavy atom. The van der Waals surface area contributed by atoms with Crippen LogP contribution in [0, 0.1) is 5.82 Å². The minimum absolute atomic E-state index is 0.131. The van der Waals surface area contributed by atoms with Crippen LogP contribution in [-0.4, -0.2) is 50.2 Å². The van der Waals surface area contributed by atoms with Crippen molar-refractivity contribution in [1.82, 2.24) is 10.2 Å². The number of piperidine rings is 1. The molecule has 2 aromatic rings. The molecule has 0 bridgehead atoms. The SMILES string of the molecule is O=C(NCc1ccccc1F)N1CCN(c2ccc(N3CCCCC3)cc2)CC1. The normalized spacial score (nSPS) is 17.3. The highest BCUT2D eigenvalue weighted by molar-refractivity contribution is 5.74. The van der Waals surface area contributed by atoms with E-state index in [2.05, 4.69) is 39.4 Å². The molecule has 0 atom stereocenters. The van der Waals surface area contributed by atoms with Crippen molar-refractivity contribution in [3.63, 3.8) is 0 Å². The molecule has 2 amide bonds. The Hall–Kier alpha value is -2.76. The van der Waals surface area contributed by atoms with E-state index >= 15 is 0 Å². The standard InChI is InChI=1S/C23H29FN4O/c24-22-7-3-2-6-19(22)18-25-23(29)28-16-14-27(15-17-28)21-10-8-20(9-11-21)26-12-4-1-5-13-26/h2-3,6-11H,1,4-5,12-18H2,(H,25,29). The van der Waals surface area contributed by atoms with Crippen molar-refractivity contribution in [2.24, 2.45) is 0 Å². The molecular formula is C23H29FN4O. The van der Waals surface area contributed by atoms with Crippen LogP contribution in [0.5, 0.6) is 0 Å². The summed E-state index contributed by atoms with van der Waals surface area (Å²) in [6.07, 6.45) is 3.90. The lowest BCUT2D eigenvalue weighted by Crippen LogP contribution is -2.51. The molecule has 0 saturated carbocycles. The fourth-order valence-corrected chi connectivity index (χ4v) is 4.12. The highest BCUT2D eigenvalue weighted by Crippen LogP contribution is 2.24. The van der Waals surface area contributed by atoms with Crippen molar-refractivity contribution in [3.05, 3.63) is 59.9 Å². The van der Waals surface area contributed by atoms with E-state index in [4.69, 9.17) is 0 Å². The molecule has 2 aliphatic rings. The Bertz CT molecular complexity index is 812. The fraction of sp³-hybridized carbons (Fsp3) is 0.435. The Balaban J connectivity index is 1.26. The molecule has 2 aromatic carbocycles. The fourth-order valence-electron chi connectivity index (χ4n) is 4.12. The number of carbonyl (C=O) groups is 1. The van der Waals surface area contributed by atoms with Crippen LogP contribution in [0.25, 0.3) is 0 Å². The van der Waals surface area contributed by atoms with Gasteiger partial charge in [0.25, 0.3) is 0 Å². The number of halogens is 1. The van der Waals surface area contributed by atoms with Gasteiger partial charge >= 0.3 is 6.03 Å². The highest BCUT2D eigenvalue weighted by Gasteiger charge is 2.21. The number of carbonyl (C=O) groups excluding carboxylic acids is 1. The Morgan fingerprint density at radius 2 is 1.38 bits per heavy atom. The molecule has 2 fully saturated rings. The molecule has 0 aliphatic carbocycles. The summed E-state index contributed by atoms with van der Waals surface area (Å²) < 4.78 is 13.7. The van der Waals surface area contributed by atoms with Gasteiger partial charge in [0, 0.05) is 62.8 Å². The number of nitrogens with zero attached hydrogens (tertiary/aromatic N) is 3. The first-order valence-corrected chi connectivity index (χ1v) is 10.6. The molecule has 6 heteroatoms. The van der Waals surface area contributed by atoms with Gasteiger partial charge in [-0.3, -0.25) is 0 Å². The van der Waals surface area contributed by atoms with Crippen molar-refractivity contribution in [1.29, 1.82) is 0 Å². The maximum Gasteiger partial charge on any atom is 0.317 e. The van der Waals surface area contributed by atoms with Crippen LogP contribution in [0.15, 0.2) is 48.5 Å². The Kier molecular flexibility index (Phi) is 6.17. The third-order valence-corrected chi connectivity index (χ3v) is 5.89. The summed E-state index contributed by atoms with van der Waals surface area (Å²) in [5.41, 5.74) is 3.02. The lowest BCUT2D eigenvalue weighted by molar-refractivity contribution is 0.194. The van der Waals surface area contributed by atoms with Crippen molar-refractivity contribution >= 4 is 17.4 Å². The summed E-state index contributed by atoms with van der Waals surface area (Å²) in [4.78, 5) is 19.0. The molecule has 0 unspecified atom stereocenters. The average molecular weight is 397 g/mol. The van der Waals surface area contributed by atoms with Gasteiger partial charge in [0.1, 0.15) is 5.82 Å². The van der Waals surface area contributed by atoms with Crippen molar-refractivity contribution in [2.75, 3.05) is 49.1 Å². The molecule has 2 aliphatic heterocycles. The molecule has 1 N–H and O–H groups in total. The maximum atomic E-state index is 13.7. The maximum absolute atomic E-state index is 13.7. The Morgan fingerprint density at radius 1 is 0.793 bits per heavy atom. The number of hydrogen-bond donors (Lipinski definition) is 1. The third-order valence-electron chi connectivity index (χ3n) is 5.89. The van der Waals surface area contributed by atoms with E-state index in [9.17, 15) is 9.18 Å². The smallest absolute Gasteiger partial charge is 0.317 e. The molecule has 0 aromatic heterocycles. The quantitative estimate of drug-likeness (QED) is 0.853. The lowest BCUT2D eigenvalue weighted by atomic mass is 10.1. The van der Waals surface area contributed by atoms with Crippen LogP contribution in [0.2, 0.25) is 0 Å². The number of anilines is 2. The summed E-state index contributed by atoms with van der Waals surface area (Å²) in [7, 11) is 0. The topological polar surface area (TPSA) is 38.8 Å². The molecule has 0 spiro atoms. The van der Waals surface area contributed by atoms with Crippen molar-refractivity contribution < 1.29 is 9.18 Å². The molecule has 4 rings (SSSR count). The summed E-state index contributed by atoms with van der Waals surface area (Å²) >= 11 is 0. The number of piperazine rings is 1. The Labute approximate surface area is 172 Å². The summed E-state index contributed by atoms with van der Waals surface area (Å²) in [5.74, 6) is -0.286. The van der Waals surface area contributed by atoms with E-state index in [0.717, 1.165) is 26.2 Å². The third kappa shape index (κ3) is 4.81. The van der Waals surface area contributed by atoms with Gasteiger partial charge < -0.3 is 20.0 Å². The first kappa shape index (κ1) is 19.6. The number of benzene rings is 2. The summed E-state index contributed by atoms with van der Waals surface area (Å²) in [5, 5.41) is 2.83. The van der Waals surface area contributed by atoms with E-state index in [1.165, 1.54) is 36.7 Å². The second-order valence-electron chi connectivity index (χ2n) is 7.79. The predicted molar refractivity (Wildman–Crippen MR) is 115 cm³/mol. The van der Waals surface area contributed by atoms with Gasteiger partial charge in [-0.1, -0.05) is 18.2 Å². The van der Waals surface area contributed by atoms with Gasteiger partial charge in [0.15, 0.2) is 0 Å². The summed E-state index contributed by atoms with van der Waals surface area (Å²) in [6.45, 7) is 5.45. The number of urea groups is 1. The van der Waals surface area contributed by atoms with Gasteiger partial charge in [-0.25, -0.2) is 9.18 Å². The molecule has 0 radical (unpaired) electrons. The minimum Gasteiger partial charge on any atom is -0.372 e. The van der Waals surface area contributed by atoms with Crippen LogP contribution in [-0.2, 0) is 6.54 Å². The summed E-state index contributed by atoms with van der Waals surface area (Å²) in [6, 6.07) is 15.2. The molecular weight excluding hydrogens is 367 g/mol. The van der Waals surface area contributed by atoms with Gasteiger partial charge in [0.2, 0.25) is 0 Å². The lowest BCUT2D eigenvalue weighted by Gasteiger charge is -2.36. The second-order valence-corrected chi connectivity index (χ2v) is 7.79. The van der Waals surface area contributed by atoms with Crippen LogP contribution < -0.4 is 15.1 Å². The van der Waals surface area contributed by atoms with Crippen LogP contribution in [0.1, 0.15) is 24.8 Å². The van der Waals surface area contributed by atoms with Crippen LogP contribution in [0.3, 0.4) is 0 Å². The molecule has 29 heavy (non-hydrogen) atoms. The average Bonchev–Trinajstić information content (AvgIpc) is 2.79. The number of amides is 2. The monoisotopic (exact) mass is 396 g/mol. The number of rotatable bonds is 4. The van der Waals surface area contributed by atoms with E-state index < -0.39 is 0 Å². The number of nitrogens with one attached hydrogen (secondary N) is 1. The first-order valence-electron chi connectivity index (χ1n) is 10.6. The zero-order chi connectivity index (χ0) is 20.1. The molecule has 154 valence electrons. The highest BCUT2D eigenvalue weighted by atomic mass is 19.1. The first-order chi connectivity index (χ1) is 14.2.